The Morgan fingerprint density at radius 1 is 0.757 bits per heavy atom. The Kier molecular flexibility index (Phi) is 12.9. The maximum absolute atomic E-state index is 5.39. The number of allylic oxidation sites excluding steroid dienone is 4. The van der Waals surface area contributed by atoms with Gasteiger partial charge in [-0.1, -0.05) is 29.7 Å². The monoisotopic (exact) mass is 600 g/mol. The van der Waals surface area contributed by atoms with Gasteiger partial charge in [-0.25, -0.2) is 11.6 Å². The molecule has 4 heteroatoms. The van der Waals surface area contributed by atoms with Crippen LogP contribution in [0, 0.1) is 6.08 Å². The molecule has 6 rings (SSSR count). The summed E-state index contributed by atoms with van der Waals surface area (Å²) in [5.74, 6) is 0.952. The van der Waals surface area contributed by atoms with Crippen molar-refractivity contribution in [1.82, 2.24) is 0 Å². The van der Waals surface area contributed by atoms with Crippen LogP contribution in [0.25, 0.3) is 21.5 Å². The van der Waals surface area contributed by atoms with Crippen LogP contribution in [0.15, 0.2) is 127 Å². The third kappa shape index (κ3) is 8.17. The van der Waals surface area contributed by atoms with Crippen LogP contribution in [0.3, 0.4) is 0 Å². The zero-order valence-electron chi connectivity index (χ0n) is 20.9. The fourth-order valence-corrected chi connectivity index (χ4v) is 4.84. The van der Waals surface area contributed by atoms with Crippen LogP contribution < -0.4 is 29.6 Å². The Morgan fingerprint density at radius 2 is 1.32 bits per heavy atom. The standard InChI is InChI=1S/C14H11O.C13H10.C6H7.2ClH.Zr/c1-15-13-8-4-6-11-9-10-5-2-3-7-12(10)14(11)13;1-3-7-12(8-4-1)11-13-9-5-2-6-10-13;1-6-4-2-3-5-6;;;/h2-9H,1H3;1-10H;4-5H,2H2,1H3;2*1H;/q-1;;-1;;;+2/p-2. The molecule has 0 heterocycles. The third-order valence-electron chi connectivity index (χ3n) is 5.82. The Labute approximate surface area is 247 Å². The van der Waals surface area contributed by atoms with Gasteiger partial charge in [0.1, 0.15) is 0 Å². The van der Waals surface area contributed by atoms with E-state index >= 15 is 0 Å². The molecule has 0 aromatic heterocycles. The van der Waals surface area contributed by atoms with Gasteiger partial charge in [0, 0.05) is 0 Å². The molecule has 0 atom stereocenters. The molecular formula is C33H28Cl2OZr-2. The molecule has 1 nitrogen and oxygen atoms in total. The summed E-state index contributed by atoms with van der Waals surface area (Å²) in [5, 5.41) is 5.01. The van der Waals surface area contributed by atoms with E-state index in [4.69, 9.17) is 4.74 Å². The average molecular weight is 603 g/mol. The Bertz CT molecular complexity index is 1420. The van der Waals surface area contributed by atoms with Crippen molar-refractivity contribution in [3.8, 4) is 5.75 Å². The Morgan fingerprint density at radius 3 is 1.84 bits per heavy atom. The minimum atomic E-state index is 0. The van der Waals surface area contributed by atoms with Crippen LogP contribution in [-0.2, 0) is 24.2 Å². The van der Waals surface area contributed by atoms with Crippen LogP contribution in [0.1, 0.15) is 24.5 Å². The Hall–Kier alpha value is -2.64. The summed E-state index contributed by atoms with van der Waals surface area (Å²) in [6.07, 6.45) is 8.24. The molecule has 37 heavy (non-hydrogen) atoms. The van der Waals surface area contributed by atoms with Gasteiger partial charge in [-0.2, -0.15) is 6.08 Å². The molecule has 5 aromatic carbocycles. The van der Waals surface area contributed by atoms with Crippen molar-refractivity contribution in [1.29, 1.82) is 0 Å². The first-order valence-corrected chi connectivity index (χ1v) is 12.9. The summed E-state index contributed by atoms with van der Waals surface area (Å²) in [4.78, 5) is 0. The van der Waals surface area contributed by atoms with E-state index in [2.05, 4.69) is 116 Å². The summed E-state index contributed by atoms with van der Waals surface area (Å²) >= 11 is 1.46. The number of halogens is 2. The molecule has 1 aliphatic rings. The number of hydrogen-bond donors (Lipinski definition) is 0. The number of methoxy groups -OCH3 is 1. The van der Waals surface area contributed by atoms with Crippen LogP contribution in [0.5, 0.6) is 5.75 Å². The van der Waals surface area contributed by atoms with Crippen molar-refractivity contribution in [3.63, 3.8) is 0 Å². The number of fused-ring (bicyclic) bond motifs is 3. The van der Waals surface area contributed by atoms with Crippen LogP contribution in [-0.4, -0.2) is 10.3 Å². The molecule has 186 valence electrons. The van der Waals surface area contributed by atoms with Gasteiger partial charge in [-0.15, -0.1) is 47.7 Å². The average Bonchev–Trinajstić information content (AvgIpc) is 3.56. The summed E-state index contributed by atoms with van der Waals surface area (Å²) in [7, 11) is 1.72. The van der Waals surface area contributed by atoms with Crippen LogP contribution >= 0.6 is 0 Å². The zero-order valence-corrected chi connectivity index (χ0v) is 24.9. The minimum absolute atomic E-state index is 0. The van der Waals surface area contributed by atoms with Gasteiger partial charge in [-0.05, 0) is 6.07 Å². The quantitative estimate of drug-likeness (QED) is 0.288. The molecule has 0 radical (unpaired) electrons. The summed E-state index contributed by atoms with van der Waals surface area (Å²) in [6, 6.07) is 37.9. The number of hydrogen-bond acceptors (Lipinski definition) is 1. The second-order valence-corrected chi connectivity index (χ2v) is 9.49. The molecule has 0 saturated carbocycles. The molecule has 0 bridgehead atoms. The van der Waals surface area contributed by atoms with E-state index in [1.807, 2.05) is 18.2 Å². The molecule has 0 N–H and O–H groups in total. The van der Waals surface area contributed by atoms with Gasteiger partial charge in [-0.3, -0.25) is 6.08 Å². The first-order chi connectivity index (χ1) is 17.2. The van der Waals surface area contributed by atoms with Crippen molar-refractivity contribution in [3.05, 3.63) is 144 Å². The fraction of sp³-hybridized carbons (Fsp3) is 0.0909. The SMILES string of the molecule is CC1=CC[C-]=C1.COc1cccc2[cH-]c3ccccc3c12.[Cl-].[Cl-].[Zr+2]=[C](c1ccccc1)c1ccccc1. The topological polar surface area (TPSA) is 9.23 Å². The Balaban J connectivity index is 0.000000205. The molecule has 1 aliphatic carbocycles. The molecule has 0 fully saturated rings. The fourth-order valence-electron chi connectivity index (χ4n) is 4.02. The molecule has 0 aliphatic heterocycles. The first-order valence-electron chi connectivity index (χ1n) is 11.7. The van der Waals surface area contributed by atoms with Crippen molar-refractivity contribution in [2.45, 2.75) is 13.3 Å². The van der Waals surface area contributed by atoms with Gasteiger partial charge in [0.15, 0.2) is 0 Å². The van der Waals surface area contributed by atoms with E-state index in [-0.39, 0.29) is 24.8 Å². The maximum atomic E-state index is 5.39. The predicted molar refractivity (Wildman–Crippen MR) is 146 cm³/mol. The predicted octanol–water partition coefficient (Wildman–Crippen LogP) is 2.23. The summed E-state index contributed by atoms with van der Waals surface area (Å²) in [5.41, 5.74) is 4.00. The number of rotatable bonds is 3. The van der Waals surface area contributed by atoms with E-state index in [1.54, 1.807) is 7.11 Å². The molecule has 0 unspecified atom stereocenters. The molecule has 0 spiro atoms. The summed E-state index contributed by atoms with van der Waals surface area (Å²) in [6.45, 7) is 2.08. The van der Waals surface area contributed by atoms with Gasteiger partial charge in [0.2, 0.25) is 0 Å². The van der Waals surface area contributed by atoms with E-state index in [1.165, 1.54) is 65.7 Å². The van der Waals surface area contributed by atoms with E-state index in [9.17, 15) is 0 Å². The zero-order chi connectivity index (χ0) is 24.5. The molecular weight excluding hydrogens is 574 g/mol. The van der Waals surface area contributed by atoms with Gasteiger partial charge >= 0.3 is 99.2 Å². The van der Waals surface area contributed by atoms with Crippen molar-refractivity contribution in [2.24, 2.45) is 0 Å². The third-order valence-corrected chi connectivity index (χ3v) is 7.24. The van der Waals surface area contributed by atoms with Gasteiger partial charge < -0.3 is 29.6 Å². The summed E-state index contributed by atoms with van der Waals surface area (Å²) < 4.78 is 6.81. The van der Waals surface area contributed by atoms with Gasteiger partial charge in [0.05, 0.1) is 12.9 Å². The van der Waals surface area contributed by atoms with E-state index in [0.29, 0.717) is 0 Å². The normalized spacial score (nSPS) is 11.2. The number of benzene rings is 4. The molecule has 5 aromatic rings. The first kappa shape index (κ1) is 30.6. The van der Waals surface area contributed by atoms with Gasteiger partial charge in [0.25, 0.3) is 0 Å². The van der Waals surface area contributed by atoms with E-state index in [0.717, 1.165) is 12.2 Å². The van der Waals surface area contributed by atoms with E-state index < -0.39 is 0 Å². The second kappa shape index (κ2) is 15.6. The van der Waals surface area contributed by atoms with Crippen molar-refractivity contribution >= 4 is 24.8 Å². The molecule has 0 amide bonds. The van der Waals surface area contributed by atoms with Crippen molar-refractivity contribution < 1.29 is 53.8 Å². The van der Waals surface area contributed by atoms with Crippen LogP contribution in [0.2, 0.25) is 0 Å². The van der Waals surface area contributed by atoms with Crippen LogP contribution in [0.4, 0.5) is 0 Å². The second-order valence-electron chi connectivity index (χ2n) is 8.26. The van der Waals surface area contributed by atoms with Crippen molar-refractivity contribution in [2.75, 3.05) is 7.11 Å². The number of ether oxygens (including phenoxy) is 1. The molecule has 0 saturated heterocycles.